The summed E-state index contributed by atoms with van der Waals surface area (Å²) >= 11 is 0. The lowest BCUT2D eigenvalue weighted by molar-refractivity contribution is -0.139. The van der Waals surface area contributed by atoms with E-state index in [4.69, 9.17) is 0 Å². The van der Waals surface area contributed by atoms with Crippen LogP contribution in [0.1, 0.15) is 31.9 Å². The molecule has 1 atom stereocenters. The molecule has 0 bridgehead atoms. The zero-order chi connectivity index (χ0) is 23.9. The molecule has 2 aromatic carbocycles. The van der Waals surface area contributed by atoms with Gasteiger partial charge in [-0.05, 0) is 49.6 Å². The molecule has 2 amide bonds. The zero-order valence-corrected chi connectivity index (χ0v) is 19.7. The Morgan fingerprint density at radius 1 is 1.06 bits per heavy atom. The maximum atomic E-state index is 13.4. The van der Waals surface area contributed by atoms with Crippen LogP contribution >= 0.6 is 0 Å². The van der Waals surface area contributed by atoms with Crippen molar-refractivity contribution >= 4 is 27.5 Å². The van der Waals surface area contributed by atoms with Crippen molar-refractivity contribution in [3.8, 4) is 0 Å². The van der Waals surface area contributed by atoms with Gasteiger partial charge in [-0.1, -0.05) is 37.3 Å². The van der Waals surface area contributed by atoms with Gasteiger partial charge >= 0.3 is 0 Å². The average Bonchev–Trinajstić information content (AvgIpc) is 2.75. The summed E-state index contributed by atoms with van der Waals surface area (Å²) in [6, 6.07) is 11.7. The second kappa shape index (κ2) is 11.1. The molecule has 1 N–H and O–H groups in total. The Morgan fingerprint density at radius 3 is 2.25 bits per heavy atom. The Balaban J connectivity index is 2.41. The zero-order valence-electron chi connectivity index (χ0n) is 18.8. The van der Waals surface area contributed by atoms with Crippen LogP contribution in [0.5, 0.6) is 0 Å². The number of carbonyl (C=O) groups is 2. The van der Waals surface area contributed by atoms with Gasteiger partial charge in [-0.2, -0.15) is 0 Å². The molecule has 1 unspecified atom stereocenters. The van der Waals surface area contributed by atoms with Crippen LogP contribution in [-0.4, -0.2) is 50.5 Å². The summed E-state index contributed by atoms with van der Waals surface area (Å²) in [5.41, 5.74) is 1.83. The van der Waals surface area contributed by atoms with Crippen LogP contribution in [0.15, 0.2) is 48.5 Å². The highest BCUT2D eigenvalue weighted by Gasteiger charge is 2.30. The lowest BCUT2D eigenvalue weighted by Crippen LogP contribution is -2.51. The quantitative estimate of drug-likeness (QED) is 0.587. The van der Waals surface area contributed by atoms with Crippen LogP contribution in [0.3, 0.4) is 0 Å². The molecular weight excluding hydrogens is 433 g/mol. The average molecular weight is 464 g/mol. The van der Waals surface area contributed by atoms with Gasteiger partial charge in [-0.15, -0.1) is 0 Å². The van der Waals surface area contributed by atoms with Crippen molar-refractivity contribution in [2.24, 2.45) is 0 Å². The van der Waals surface area contributed by atoms with E-state index in [1.165, 1.54) is 29.2 Å². The van der Waals surface area contributed by atoms with Crippen molar-refractivity contribution in [2.45, 2.75) is 39.8 Å². The third kappa shape index (κ3) is 6.53. The van der Waals surface area contributed by atoms with Gasteiger partial charge in [-0.3, -0.25) is 13.9 Å². The van der Waals surface area contributed by atoms with E-state index in [9.17, 15) is 22.4 Å². The minimum Gasteiger partial charge on any atom is -0.355 e. The molecule has 0 aliphatic carbocycles. The van der Waals surface area contributed by atoms with E-state index in [2.05, 4.69) is 5.32 Å². The van der Waals surface area contributed by atoms with Crippen LogP contribution in [0, 0.1) is 5.82 Å². The summed E-state index contributed by atoms with van der Waals surface area (Å²) in [5.74, 6) is -1.31. The first kappa shape index (κ1) is 25.3. The maximum absolute atomic E-state index is 13.4. The topological polar surface area (TPSA) is 86.8 Å². The van der Waals surface area contributed by atoms with Crippen molar-refractivity contribution in [1.82, 2.24) is 10.2 Å². The molecule has 0 radical (unpaired) electrons. The van der Waals surface area contributed by atoms with Crippen molar-refractivity contribution in [3.63, 3.8) is 0 Å². The van der Waals surface area contributed by atoms with E-state index in [0.717, 1.165) is 16.1 Å². The normalized spacial score (nSPS) is 12.2. The summed E-state index contributed by atoms with van der Waals surface area (Å²) in [6.07, 6.45) is 1.63. The number of nitrogens with one attached hydrogen (secondary N) is 1. The van der Waals surface area contributed by atoms with Crippen LogP contribution in [0.2, 0.25) is 0 Å². The van der Waals surface area contributed by atoms with Crippen molar-refractivity contribution < 1.29 is 22.4 Å². The lowest BCUT2D eigenvalue weighted by Gasteiger charge is -2.32. The second-order valence-corrected chi connectivity index (χ2v) is 9.38. The fourth-order valence-corrected chi connectivity index (χ4v) is 4.22. The molecule has 0 aliphatic heterocycles. The molecule has 2 rings (SSSR count). The predicted octanol–water partition coefficient (Wildman–Crippen LogP) is 2.71. The standard InChI is InChI=1S/C23H30FN3O4S/c1-5-19-9-7-8-10-21(19)27(32(4,30)31)16-22(28)26(17(3)23(29)25-6-2)15-18-11-13-20(24)14-12-18/h7-14,17H,5-6,15-16H2,1-4H3,(H,25,29). The number of halogens is 1. The predicted molar refractivity (Wildman–Crippen MR) is 123 cm³/mol. The number of aryl methyl sites for hydroxylation is 1. The number of anilines is 1. The van der Waals surface area contributed by atoms with Gasteiger partial charge < -0.3 is 10.2 Å². The Kier molecular flexibility index (Phi) is 8.77. The maximum Gasteiger partial charge on any atom is 0.244 e. The summed E-state index contributed by atoms with van der Waals surface area (Å²) in [4.78, 5) is 27.2. The monoisotopic (exact) mass is 463 g/mol. The first-order chi connectivity index (χ1) is 15.1. The van der Waals surface area contributed by atoms with Crippen LogP contribution < -0.4 is 9.62 Å². The van der Waals surface area contributed by atoms with Gasteiger partial charge in [0.2, 0.25) is 21.8 Å². The van der Waals surface area contributed by atoms with E-state index >= 15 is 0 Å². The third-order valence-electron chi connectivity index (χ3n) is 5.10. The molecule has 0 aromatic heterocycles. The number of hydrogen-bond acceptors (Lipinski definition) is 4. The molecular formula is C23H30FN3O4S. The molecule has 7 nitrogen and oxygen atoms in total. The molecule has 32 heavy (non-hydrogen) atoms. The smallest absolute Gasteiger partial charge is 0.244 e. The summed E-state index contributed by atoms with van der Waals surface area (Å²) in [6.45, 7) is 5.21. The highest BCUT2D eigenvalue weighted by Crippen LogP contribution is 2.24. The molecule has 0 saturated carbocycles. The molecule has 0 fully saturated rings. The third-order valence-corrected chi connectivity index (χ3v) is 6.23. The Hall–Kier alpha value is -2.94. The Bertz CT molecular complexity index is 1040. The first-order valence-corrected chi connectivity index (χ1v) is 12.3. The van der Waals surface area contributed by atoms with Gasteiger partial charge in [0.05, 0.1) is 11.9 Å². The molecule has 0 saturated heterocycles. The number of hydrogen-bond donors (Lipinski definition) is 1. The van der Waals surface area contributed by atoms with Gasteiger partial charge in [0.1, 0.15) is 18.4 Å². The lowest BCUT2D eigenvalue weighted by atomic mass is 10.1. The number of amides is 2. The molecule has 9 heteroatoms. The van der Waals surface area contributed by atoms with E-state index in [0.29, 0.717) is 24.2 Å². The van der Waals surface area contributed by atoms with Crippen LogP contribution in [0.4, 0.5) is 10.1 Å². The van der Waals surface area contributed by atoms with Gasteiger partial charge in [0.15, 0.2) is 0 Å². The highest BCUT2D eigenvalue weighted by atomic mass is 32.2. The molecule has 0 aliphatic rings. The van der Waals surface area contributed by atoms with E-state index < -0.39 is 34.3 Å². The minimum absolute atomic E-state index is 0.0322. The van der Waals surface area contributed by atoms with Crippen LogP contribution in [-0.2, 0) is 32.6 Å². The fourth-order valence-electron chi connectivity index (χ4n) is 3.34. The SMILES string of the molecule is CCNC(=O)C(C)N(Cc1ccc(F)cc1)C(=O)CN(c1ccccc1CC)S(C)(=O)=O. The number of carbonyl (C=O) groups excluding carboxylic acids is 2. The summed E-state index contributed by atoms with van der Waals surface area (Å²) < 4.78 is 39.6. The second-order valence-electron chi connectivity index (χ2n) is 7.47. The van der Waals surface area contributed by atoms with E-state index in [-0.39, 0.29) is 12.5 Å². The minimum atomic E-state index is -3.78. The van der Waals surface area contributed by atoms with Crippen molar-refractivity contribution in [2.75, 3.05) is 23.7 Å². The van der Waals surface area contributed by atoms with Gasteiger partial charge in [0.25, 0.3) is 0 Å². The van der Waals surface area contributed by atoms with E-state index in [1.54, 1.807) is 26.0 Å². The number of rotatable bonds is 10. The summed E-state index contributed by atoms with van der Waals surface area (Å²) in [7, 11) is -3.78. The van der Waals surface area contributed by atoms with E-state index in [1.807, 2.05) is 19.1 Å². The number of sulfonamides is 1. The largest absolute Gasteiger partial charge is 0.355 e. The number of likely N-dealkylation sites (N-methyl/N-ethyl adjacent to an activating group) is 1. The highest BCUT2D eigenvalue weighted by molar-refractivity contribution is 7.92. The molecule has 0 heterocycles. The number of para-hydroxylation sites is 1. The van der Waals surface area contributed by atoms with Crippen molar-refractivity contribution in [1.29, 1.82) is 0 Å². The molecule has 2 aromatic rings. The van der Waals surface area contributed by atoms with Crippen molar-refractivity contribution in [3.05, 3.63) is 65.5 Å². The Morgan fingerprint density at radius 2 is 1.69 bits per heavy atom. The Labute approximate surface area is 189 Å². The van der Waals surface area contributed by atoms with Gasteiger partial charge in [0, 0.05) is 13.1 Å². The number of nitrogens with zero attached hydrogens (tertiary/aromatic N) is 2. The fraction of sp³-hybridized carbons (Fsp3) is 0.391. The molecule has 0 spiro atoms. The first-order valence-electron chi connectivity index (χ1n) is 10.5. The summed E-state index contributed by atoms with van der Waals surface area (Å²) in [5, 5.41) is 2.68. The molecule has 174 valence electrons. The van der Waals surface area contributed by atoms with Crippen LogP contribution in [0.25, 0.3) is 0 Å². The van der Waals surface area contributed by atoms with Gasteiger partial charge in [-0.25, -0.2) is 12.8 Å². The number of benzene rings is 2.